The number of benzene rings is 2. The van der Waals surface area contributed by atoms with Crippen LogP contribution in [0.5, 0.6) is 5.75 Å². The lowest BCUT2D eigenvalue weighted by Gasteiger charge is -2.16. The standard InChI is InChI=1S/C20H17N3O2S/c1-25-15-9-7-14(8-10-15)23-18(24)11-16(19(23)21)20-22-17(12-26-20)13-5-3-2-4-6-13/h2-10,12,21-22H,11H2,1H3/b20-16-,21-19?. The molecule has 0 radical (unpaired) electrons. The van der Waals surface area contributed by atoms with E-state index >= 15 is 0 Å². The van der Waals surface area contributed by atoms with E-state index in [0.717, 1.165) is 27.6 Å². The molecule has 0 aliphatic carbocycles. The van der Waals surface area contributed by atoms with Crippen LogP contribution in [-0.2, 0) is 4.79 Å². The van der Waals surface area contributed by atoms with Crippen LogP contribution in [-0.4, -0.2) is 18.9 Å². The molecule has 0 bridgehead atoms. The molecule has 6 heteroatoms. The van der Waals surface area contributed by atoms with Gasteiger partial charge >= 0.3 is 0 Å². The highest BCUT2D eigenvalue weighted by Gasteiger charge is 2.35. The molecule has 2 aliphatic rings. The number of rotatable bonds is 3. The molecular weight excluding hydrogens is 346 g/mol. The van der Waals surface area contributed by atoms with Crippen LogP contribution in [0.2, 0.25) is 0 Å². The minimum absolute atomic E-state index is 0.0989. The summed E-state index contributed by atoms with van der Waals surface area (Å²) in [6.45, 7) is 0. The summed E-state index contributed by atoms with van der Waals surface area (Å²) in [5.74, 6) is 0.839. The highest BCUT2D eigenvalue weighted by atomic mass is 32.2. The minimum Gasteiger partial charge on any atom is -0.497 e. The maximum atomic E-state index is 12.5. The molecule has 1 amide bonds. The molecule has 26 heavy (non-hydrogen) atoms. The molecule has 0 spiro atoms. The fourth-order valence-electron chi connectivity index (χ4n) is 2.97. The van der Waals surface area contributed by atoms with Gasteiger partial charge in [0.2, 0.25) is 5.91 Å². The number of amides is 1. The molecule has 2 aliphatic heterocycles. The van der Waals surface area contributed by atoms with E-state index in [1.54, 1.807) is 31.4 Å². The third-order valence-corrected chi connectivity index (χ3v) is 5.26. The van der Waals surface area contributed by atoms with Gasteiger partial charge in [0.15, 0.2) is 0 Å². The van der Waals surface area contributed by atoms with Crippen LogP contribution >= 0.6 is 11.8 Å². The van der Waals surface area contributed by atoms with Gasteiger partial charge < -0.3 is 10.1 Å². The third-order valence-electron chi connectivity index (χ3n) is 4.32. The van der Waals surface area contributed by atoms with E-state index in [1.165, 1.54) is 16.7 Å². The molecule has 0 atom stereocenters. The van der Waals surface area contributed by atoms with Crippen LogP contribution in [0, 0.1) is 5.41 Å². The van der Waals surface area contributed by atoms with E-state index in [2.05, 4.69) is 5.32 Å². The number of nitrogens with zero attached hydrogens (tertiary/aromatic N) is 1. The number of thioether (sulfide) groups is 1. The van der Waals surface area contributed by atoms with Gasteiger partial charge in [-0.1, -0.05) is 42.1 Å². The van der Waals surface area contributed by atoms with Crippen molar-refractivity contribution in [2.24, 2.45) is 0 Å². The Kier molecular flexibility index (Phi) is 4.26. The van der Waals surface area contributed by atoms with Crippen LogP contribution in [0.3, 0.4) is 0 Å². The lowest BCUT2D eigenvalue weighted by Crippen LogP contribution is -2.28. The molecule has 2 aromatic rings. The Balaban J connectivity index is 1.58. The molecule has 1 fully saturated rings. The molecule has 4 rings (SSSR count). The SMILES string of the molecule is COc1ccc(N2C(=N)/C(=C3/NC(c4ccccc4)=CS3)CC2=O)cc1. The van der Waals surface area contributed by atoms with Crippen LogP contribution in [0.25, 0.3) is 5.70 Å². The Labute approximate surface area is 155 Å². The second-order valence-electron chi connectivity index (χ2n) is 5.90. The zero-order valence-corrected chi connectivity index (χ0v) is 15.0. The number of nitrogens with one attached hydrogen (secondary N) is 2. The molecule has 1 saturated heterocycles. The van der Waals surface area contributed by atoms with Crippen molar-refractivity contribution in [3.63, 3.8) is 0 Å². The summed E-state index contributed by atoms with van der Waals surface area (Å²) in [6, 6.07) is 17.2. The number of anilines is 1. The highest BCUT2D eigenvalue weighted by Crippen LogP contribution is 2.37. The van der Waals surface area contributed by atoms with E-state index in [4.69, 9.17) is 10.1 Å². The number of hydrogen-bond donors (Lipinski definition) is 2. The first kappa shape index (κ1) is 16.5. The molecule has 5 nitrogen and oxygen atoms in total. The summed E-state index contributed by atoms with van der Waals surface area (Å²) >= 11 is 1.52. The van der Waals surface area contributed by atoms with E-state index in [1.807, 2.05) is 35.7 Å². The number of amidine groups is 1. The molecule has 0 saturated carbocycles. The molecule has 0 aromatic heterocycles. The van der Waals surface area contributed by atoms with Gasteiger partial charge in [-0.2, -0.15) is 0 Å². The maximum Gasteiger partial charge on any atom is 0.237 e. The van der Waals surface area contributed by atoms with Crippen molar-refractivity contribution >= 4 is 34.9 Å². The van der Waals surface area contributed by atoms with Crippen molar-refractivity contribution < 1.29 is 9.53 Å². The smallest absolute Gasteiger partial charge is 0.237 e. The summed E-state index contributed by atoms with van der Waals surface area (Å²) in [5, 5.41) is 14.7. The summed E-state index contributed by atoms with van der Waals surface area (Å²) < 4.78 is 5.16. The average molecular weight is 363 g/mol. The first-order chi connectivity index (χ1) is 12.7. The lowest BCUT2D eigenvalue weighted by atomic mass is 10.2. The summed E-state index contributed by atoms with van der Waals surface area (Å²) in [7, 11) is 1.60. The zero-order valence-electron chi connectivity index (χ0n) is 14.2. The third kappa shape index (κ3) is 2.88. The fraction of sp³-hybridized carbons (Fsp3) is 0.100. The van der Waals surface area contributed by atoms with Crippen LogP contribution < -0.4 is 15.0 Å². The predicted octanol–water partition coefficient (Wildman–Crippen LogP) is 3.96. The topological polar surface area (TPSA) is 65.4 Å². The van der Waals surface area contributed by atoms with Crippen molar-refractivity contribution in [3.05, 3.63) is 76.2 Å². The summed E-state index contributed by atoms with van der Waals surface area (Å²) in [6.07, 6.45) is 0.218. The maximum absolute atomic E-state index is 12.5. The number of ether oxygens (including phenoxy) is 1. The van der Waals surface area contributed by atoms with Gasteiger partial charge in [-0.15, -0.1) is 0 Å². The monoisotopic (exact) mass is 363 g/mol. The minimum atomic E-state index is -0.0989. The molecule has 2 N–H and O–H groups in total. The first-order valence-corrected chi connectivity index (χ1v) is 9.03. The Bertz CT molecular complexity index is 933. The lowest BCUT2D eigenvalue weighted by molar-refractivity contribution is -0.116. The second kappa shape index (κ2) is 6.72. The van der Waals surface area contributed by atoms with Crippen molar-refractivity contribution in [2.45, 2.75) is 6.42 Å². The van der Waals surface area contributed by atoms with Crippen molar-refractivity contribution in [1.82, 2.24) is 5.32 Å². The van der Waals surface area contributed by atoms with E-state index < -0.39 is 0 Å². The number of carbonyl (C=O) groups is 1. The van der Waals surface area contributed by atoms with Gasteiger partial charge in [-0.05, 0) is 29.8 Å². The van der Waals surface area contributed by atoms with E-state index in [-0.39, 0.29) is 18.2 Å². The van der Waals surface area contributed by atoms with Crippen LogP contribution in [0.4, 0.5) is 5.69 Å². The van der Waals surface area contributed by atoms with Gasteiger partial charge in [0.25, 0.3) is 0 Å². The summed E-state index contributed by atoms with van der Waals surface area (Å²) in [5.41, 5.74) is 3.47. The Morgan fingerprint density at radius 1 is 1.12 bits per heavy atom. The predicted molar refractivity (Wildman–Crippen MR) is 105 cm³/mol. The number of hydrogen-bond acceptors (Lipinski definition) is 5. The molecule has 2 aromatic carbocycles. The van der Waals surface area contributed by atoms with E-state index in [0.29, 0.717) is 5.69 Å². The number of carbonyl (C=O) groups excluding carboxylic acids is 1. The highest BCUT2D eigenvalue weighted by molar-refractivity contribution is 8.06. The van der Waals surface area contributed by atoms with Crippen LogP contribution in [0.15, 0.2) is 70.6 Å². The molecule has 2 heterocycles. The summed E-state index contributed by atoms with van der Waals surface area (Å²) in [4.78, 5) is 14.0. The Hall–Kier alpha value is -2.99. The van der Waals surface area contributed by atoms with Gasteiger partial charge in [-0.3, -0.25) is 15.1 Å². The molecule has 130 valence electrons. The average Bonchev–Trinajstić information content (AvgIpc) is 3.27. The van der Waals surface area contributed by atoms with Gasteiger partial charge in [0, 0.05) is 11.0 Å². The molecule has 0 unspecified atom stereocenters. The Morgan fingerprint density at radius 2 is 1.85 bits per heavy atom. The number of methoxy groups -OCH3 is 1. The van der Waals surface area contributed by atoms with Crippen molar-refractivity contribution in [3.8, 4) is 5.75 Å². The normalized spacial score (nSPS) is 19.6. The Morgan fingerprint density at radius 3 is 2.54 bits per heavy atom. The van der Waals surface area contributed by atoms with Crippen molar-refractivity contribution in [1.29, 1.82) is 5.41 Å². The fourth-order valence-corrected chi connectivity index (χ4v) is 3.88. The van der Waals surface area contributed by atoms with Gasteiger partial charge in [0.05, 0.1) is 29.9 Å². The first-order valence-electron chi connectivity index (χ1n) is 8.15. The zero-order chi connectivity index (χ0) is 18.1. The molecular formula is C20H17N3O2S. The quantitative estimate of drug-likeness (QED) is 0.866. The second-order valence-corrected chi connectivity index (χ2v) is 6.78. The van der Waals surface area contributed by atoms with Crippen LogP contribution in [0.1, 0.15) is 12.0 Å². The van der Waals surface area contributed by atoms with E-state index in [9.17, 15) is 4.79 Å². The van der Waals surface area contributed by atoms with Gasteiger partial charge in [0.1, 0.15) is 11.6 Å². The largest absolute Gasteiger partial charge is 0.497 e. The van der Waals surface area contributed by atoms with Crippen molar-refractivity contribution in [2.75, 3.05) is 12.0 Å². The van der Waals surface area contributed by atoms with Gasteiger partial charge in [-0.25, -0.2) is 0 Å².